The molecule has 2 N–H and O–H groups in total. The minimum absolute atomic E-state index is 0.0499. The Balaban J connectivity index is 1.79. The van der Waals surface area contributed by atoms with Crippen molar-refractivity contribution in [2.24, 2.45) is 0 Å². The molecule has 0 radical (unpaired) electrons. The molecule has 1 aromatic carbocycles. The van der Waals surface area contributed by atoms with Gasteiger partial charge in [0, 0.05) is 19.2 Å². The van der Waals surface area contributed by atoms with Crippen molar-refractivity contribution >= 4 is 0 Å². The molecule has 0 amide bonds. The fraction of sp³-hybridized carbons (Fsp3) is 0.312. The number of alkyl halides is 3. The quantitative estimate of drug-likeness (QED) is 0.916. The van der Waals surface area contributed by atoms with Gasteiger partial charge >= 0.3 is 6.18 Å². The predicted molar refractivity (Wildman–Crippen MR) is 75.0 cm³/mol. The average Bonchev–Trinajstić information content (AvgIpc) is 2.80. The van der Waals surface area contributed by atoms with Crippen LogP contribution in [-0.2, 0) is 19.1 Å². The summed E-state index contributed by atoms with van der Waals surface area (Å²) in [6.45, 7) is -0.0499. The summed E-state index contributed by atoms with van der Waals surface area (Å²) >= 11 is 0. The first-order valence-electron chi connectivity index (χ1n) is 6.97. The normalized spacial score (nSPS) is 20.9. The van der Waals surface area contributed by atoms with Crippen molar-refractivity contribution in [2.45, 2.75) is 31.3 Å². The molecule has 22 heavy (non-hydrogen) atoms. The van der Waals surface area contributed by atoms with Gasteiger partial charge in [-0.05, 0) is 23.3 Å². The van der Waals surface area contributed by atoms with E-state index in [0.29, 0.717) is 6.42 Å². The first-order valence-corrected chi connectivity index (χ1v) is 6.97. The first kappa shape index (κ1) is 15.0. The maximum absolute atomic E-state index is 12.9. The van der Waals surface area contributed by atoms with E-state index in [0.717, 1.165) is 17.2 Å². The van der Waals surface area contributed by atoms with Crippen molar-refractivity contribution in [1.82, 2.24) is 10.3 Å². The summed E-state index contributed by atoms with van der Waals surface area (Å²) in [5.41, 5.74) is 1.14. The monoisotopic (exact) mass is 308 g/mol. The topological polar surface area (TPSA) is 45.1 Å². The molecular weight excluding hydrogens is 293 g/mol. The van der Waals surface area contributed by atoms with Crippen molar-refractivity contribution in [3.8, 4) is 0 Å². The number of hydrogen-bond acceptors (Lipinski definition) is 3. The van der Waals surface area contributed by atoms with Crippen molar-refractivity contribution in [3.05, 3.63) is 65.0 Å². The third kappa shape index (κ3) is 2.84. The van der Waals surface area contributed by atoms with Gasteiger partial charge in [0.1, 0.15) is 0 Å². The zero-order chi connectivity index (χ0) is 15.7. The zero-order valence-corrected chi connectivity index (χ0v) is 11.6. The highest BCUT2D eigenvalue weighted by molar-refractivity contribution is 5.36. The van der Waals surface area contributed by atoms with Gasteiger partial charge in [-0.1, -0.05) is 24.3 Å². The van der Waals surface area contributed by atoms with Crippen LogP contribution in [0.1, 0.15) is 28.4 Å². The van der Waals surface area contributed by atoms with E-state index in [9.17, 15) is 18.3 Å². The SMILES string of the molecule is OC1Cc2ccccc2C1NCc1ncccc1C(F)(F)F. The smallest absolute Gasteiger partial charge is 0.391 e. The van der Waals surface area contributed by atoms with Gasteiger partial charge in [-0.3, -0.25) is 4.98 Å². The average molecular weight is 308 g/mol. The number of aromatic nitrogens is 1. The predicted octanol–water partition coefficient (Wildman–Crippen LogP) is 2.85. The molecule has 0 saturated heterocycles. The number of nitrogens with zero attached hydrogens (tertiary/aromatic N) is 1. The summed E-state index contributed by atoms with van der Waals surface area (Å²) in [6.07, 6.45) is -3.24. The summed E-state index contributed by atoms with van der Waals surface area (Å²) in [5, 5.41) is 13.1. The second kappa shape index (κ2) is 5.70. The van der Waals surface area contributed by atoms with Gasteiger partial charge in [0.05, 0.1) is 23.4 Å². The number of aliphatic hydroxyl groups is 1. The van der Waals surface area contributed by atoms with Crippen LogP contribution in [0.2, 0.25) is 0 Å². The highest BCUT2D eigenvalue weighted by Gasteiger charge is 2.35. The van der Waals surface area contributed by atoms with Crippen LogP contribution in [0.25, 0.3) is 0 Å². The molecule has 1 heterocycles. The standard InChI is InChI=1S/C16H15F3N2O/c17-16(18,19)12-6-3-7-20-13(12)9-21-15-11-5-2-1-4-10(11)8-14(15)22/h1-7,14-15,21-22H,8-9H2. The fourth-order valence-electron chi connectivity index (χ4n) is 2.86. The molecule has 1 aliphatic carbocycles. The number of pyridine rings is 1. The first-order chi connectivity index (χ1) is 10.5. The lowest BCUT2D eigenvalue weighted by atomic mass is 10.1. The minimum Gasteiger partial charge on any atom is -0.391 e. The lowest BCUT2D eigenvalue weighted by molar-refractivity contribution is -0.138. The van der Waals surface area contributed by atoms with E-state index in [1.54, 1.807) is 0 Å². The van der Waals surface area contributed by atoms with Gasteiger partial charge in [-0.25, -0.2) is 0 Å². The molecule has 1 aromatic heterocycles. The van der Waals surface area contributed by atoms with Crippen LogP contribution < -0.4 is 5.32 Å². The highest BCUT2D eigenvalue weighted by atomic mass is 19.4. The molecule has 0 aliphatic heterocycles. The van der Waals surface area contributed by atoms with Crippen LogP contribution in [0.3, 0.4) is 0 Å². The summed E-state index contributed by atoms with van der Waals surface area (Å²) < 4.78 is 38.8. The van der Waals surface area contributed by atoms with Crippen LogP contribution in [0.5, 0.6) is 0 Å². The Morgan fingerprint density at radius 1 is 1.18 bits per heavy atom. The second-order valence-corrected chi connectivity index (χ2v) is 5.32. The van der Waals surface area contributed by atoms with Crippen molar-refractivity contribution in [2.75, 3.05) is 0 Å². The van der Waals surface area contributed by atoms with Crippen LogP contribution in [-0.4, -0.2) is 16.2 Å². The number of benzene rings is 1. The van der Waals surface area contributed by atoms with Crippen LogP contribution in [0.15, 0.2) is 42.6 Å². The van der Waals surface area contributed by atoms with Gasteiger partial charge in [-0.2, -0.15) is 13.2 Å². The van der Waals surface area contributed by atoms with E-state index in [2.05, 4.69) is 10.3 Å². The van der Waals surface area contributed by atoms with E-state index >= 15 is 0 Å². The number of rotatable bonds is 3. The number of fused-ring (bicyclic) bond motifs is 1. The van der Waals surface area contributed by atoms with Crippen LogP contribution >= 0.6 is 0 Å². The van der Waals surface area contributed by atoms with Crippen LogP contribution in [0.4, 0.5) is 13.2 Å². The lowest BCUT2D eigenvalue weighted by Crippen LogP contribution is -2.29. The lowest BCUT2D eigenvalue weighted by Gasteiger charge is -2.19. The summed E-state index contributed by atoms with van der Waals surface area (Å²) in [7, 11) is 0. The second-order valence-electron chi connectivity index (χ2n) is 5.32. The Bertz CT molecular complexity index is 672. The Hall–Kier alpha value is -1.92. The molecule has 6 heteroatoms. The molecule has 0 spiro atoms. The third-order valence-corrected chi connectivity index (χ3v) is 3.89. The van der Waals surface area contributed by atoms with Gasteiger partial charge in [-0.15, -0.1) is 0 Å². The van der Waals surface area contributed by atoms with Crippen LogP contribution in [0, 0.1) is 0 Å². The third-order valence-electron chi connectivity index (χ3n) is 3.89. The Kier molecular flexibility index (Phi) is 3.88. The molecule has 0 bridgehead atoms. The number of halogens is 3. The molecule has 2 aromatic rings. The Morgan fingerprint density at radius 3 is 2.73 bits per heavy atom. The highest BCUT2D eigenvalue weighted by Crippen LogP contribution is 2.33. The molecule has 3 rings (SSSR count). The molecule has 116 valence electrons. The maximum atomic E-state index is 12.9. The minimum atomic E-state index is -4.43. The van der Waals surface area contributed by atoms with Crippen molar-refractivity contribution in [3.63, 3.8) is 0 Å². The number of nitrogens with one attached hydrogen (secondary N) is 1. The van der Waals surface area contributed by atoms with Gasteiger partial charge < -0.3 is 10.4 Å². The molecule has 2 unspecified atom stereocenters. The zero-order valence-electron chi connectivity index (χ0n) is 11.6. The molecule has 2 atom stereocenters. The van der Waals surface area contributed by atoms with Crippen molar-refractivity contribution < 1.29 is 18.3 Å². The summed E-state index contributed by atoms with van der Waals surface area (Å²) in [6, 6.07) is 9.45. The molecule has 0 saturated carbocycles. The van der Waals surface area contributed by atoms with E-state index in [1.165, 1.54) is 12.3 Å². The summed E-state index contributed by atoms with van der Waals surface area (Å²) in [5.74, 6) is 0. The Morgan fingerprint density at radius 2 is 1.95 bits per heavy atom. The van der Waals surface area contributed by atoms with Gasteiger partial charge in [0.15, 0.2) is 0 Å². The summed E-state index contributed by atoms with van der Waals surface area (Å²) in [4.78, 5) is 3.82. The van der Waals surface area contributed by atoms with E-state index < -0.39 is 17.8 Å². The van der Waals surface area contributed by atoms with Crippen molar-refractivity contribution in [1.29, 1.82) is 0 Å². The van der Waals surface area contributed by atoms with E-state index in [1.807, 2.05) is 24.3 Å². The molecule has 1 aliphatic rings. The number of hydrogen-bond donors (Lipinski definition) is 2. The largest absolute Gasteiger partial charge is 0.418 e. The van der Waals surface area contributed by atoms with E-state index in [4.69, 9.17) is 0 Å². The Labute approximate surface area is 125 Å². The number of aliphatic hydroxyl groups excluding tert-OH is 1. The molecule has 0 fully saturated rings. The van der Waals surface area contributed by atoms with Gasteiger partial charge in [0.25, 0.3) is 0 Å². The molecular formula is C16H15F3N2O. The van der Waals surface area contributed by atoms with Gasteiger partial charge in [0.2, 0.25) is 0 Å². The molecule has 3 nitrogen and oxygen atoms in total. The van der Waals surface area contributed by atoms with E-state index in [-0.39, 0.29) is 18.3 Å². The maximum Gasteiger partial charge on any atom is 0.418 e. The fourth-order valence-corrected chi connectivity index (χ4v) is 2.86.